The van der Waals surface area contributed by atoms with Crippen LogP contribution >= 0.6 is 11.6 Å². The van der Waals surface area contributed by atoms with E-state index in [1.165, 1.54) is 50.8 Å². The van der Waals surface area contributed by atoms with Crippen LogP contribution in [-0.2, 0) is 6.42 Å². The Morgan fingerprint density at radius 2 is 1.74 bits per heavy atom. The lowest BCUT2D eigenvalue weighted by molar-refractivity contribution is 0.0676. The minimum absolute atomic E-state index is 0.438. The van der Waals surface area contributed by atoms with Gasteiger partial charge in [-0.15, -0.1) is 0 Å². The zero-order valence-electron chi connectivity index (χ0n) is 11.4. The first-order valence-electron chi connectivity index (χ1n) is 7.46. The second-order valence-electron chi connectivity index (χ2n) is 6.12. The second-order valence-corrected chi connectivity index (χ2v) is 6.55. The summed E-state index contributed by atoms with van der Waals surface area (Å²) in [6.45, 7) is 2.47. The van der Waals surface area contributed by atoms with Crippen LogP contribution in [0.1, 0.15) is 31.2 Å². The summed E-state index contributed by atoms with van der Waals surface area (Å²) < 4.78 is 0. The molecule has 0 unspecified atom stereocenters. The molecule has 2 nitrogen and oxygen atoms in total. The van der Waals surface area contributed by atoms with Gasteiger partial charge in [0, 0.05) is 17.1 Å². The molecule has 0 spiro atoms. The fraction of sp³-hybridized carbons (Fsp3) is 0.625. The monoisotopic (exact) mass is 278 g/mol. The predicted molar refractivity (Wildman–Crippen MR) is 80.5 cm³/mol. The molecule has 104 valence electrons. The smallest absolute Gasteiger partial charge is 0.0406 e. The maximum absolute atomic E-state index is 6.07. The molecule has 1 aromatic carbocycles. The minimum atomic E-state index is 0.438. The van der Waals surface area contributed by atoms with Gasteiger partial charge in [-0.2, -0.15) is 0 Å². The topological polar surface area (TPSA) is 29.3 Å². The molecule has 2 N–H and O–H groups in total. The van der Waals surface area contributed by atoms with Crippen LogP contribution in [0.3, 0.4) is 0 Å². The van der Waals surface area contributed by atoms with Gasteiger partial charge in [-0.1, -0.05) is 23.7 Å². The largest absolute Gasteiger partial charge is 0.326 e. The lowest BCUT2D eigenvalue weighted by atomic mass is 9.82. The van der Waals surface area contributed by atoms with Crippen molar-refractivity contribution in [1.29, 1.82) is 0 Å². The summed E-state index contributed by atoms with van der Waals surface area (Å²) >= 11 is 5.93. The van der Waals surface area contributed by atoms with Crippen LogP contribution in [0.4, 0.5) is 0 Å². The van der Waals surface area contributed by atoms with Gasteiger partial charge in [0.1, 0.15) is 0 Å². The lowest BCUT2D eigenvalue weighted by Crippen LogP contribution is -2.56. The van der Waals surface area contributed by atoms with E-state index in [9.17, 15) is 0 Å². The first-order valence-corrected chi connectivity index (χ1v) is 7.84. The Kier molecular flexibility index (Phi) is 4.11. The Hall–Kier alpha value is -0.570. The molecule has 2 aliphatic rings. The van der Waals surface area contributed by atoms with E-state index in [4.69, 9.17) is 17.3 Å². The van der Waals surface area contributed by atoms with E-state index in [0.29, 0.717) is 12.1 Å². The van der Waals surface area contributed by atoms with Gasteiger partial charge in [-0.05, 0) is 68.8 Å². The van der Waals surface area contributed by atoms with Gasteiger partial charge in [-0.25, -0.2) is 0 Å². The van der Waals surface area contributed by atoms with Crippen LogP contribution in [0.2, 0.25) is 5.02 Å². The number of nitrogens with two attached hydrogens (primary N) is 1. The summed E-state index contributed by atoms with van der Waals surface area (Å²) in [5.41, 5.74) is 7.49. The lowest BCUT2D eigenvalue weighted by Gasteiger charge is -2.45. The molecular weight excluding hydrogens is 256 g/mol. The summed E-state index contributed by atoms with van der Waals surface area (Å²) in [5.74, 6) is 0.828. The highest BCUT2D eigenvalue weighted by Crippen LogP contribution is 2.29. The Labute approximate surface area is 120 Å². The van der Waals surface area contributed by atoms with Crippen molar-refractivity contribution in [2.24, 2.45) is 11.7 Å². The highest BCUT2D eigenvalue weighted by Gasteiger charge is 2.34. The number of rotatable bonds is 3. The van der Waals surface area contributed by atoms with Crippen molar-refractivity contribution < 1.29 is 0 Å². The molecule has 0 aromatic heterocycles. The van der Waals surface area contributed by atoms with Gasteiger partial charge in [-0.3, -0.25) is 4.90 Å². The van der Waals surface area contributed by atoms with E-state index in [2.05, 4.69) is 17.0 Å². The highest BCUT2D eigenvalue weighted by atomic mass is 35.5. The Morgan fingerprint density at radius 3 is 2.26 bits per heavy atom. The van der Waals surface area contributed by atoms with Crippen molar-refractivity contribution in [2.45, 2.75) is 44.2 Å². The first kappa shape index (κ1) is 13.4. The minimum Gasteiger partial charge on any atom is -0.326 e. The molecule has 1 saturated heterocycles. The third-order valence-electron chi connectivity index (χ3n) is 4.85. The summed E-state index contributed by atoms with van der Waals surface area (Å²) in [7, 11) is 0. The van der Waals surface area contributed by atoms with Crippen molar-refractivity contribution >= 4 is 11.6 Å². The van der Waals surface area contributed by atoms with Crippen molar-refractivity contribution in [2.75, 3.05) is 13.1 Å². The molecule has 1 heterocycles. The molecule has 1 saturated carbocycles. The van der Waals surface area contributed by atoms with Gasteiger partial charge in [0.05, 0.1) is 0 Å². The molecule has 0 bridgehead atoms. The number of hydrogen-bond acceptors (Lipinski definition) is 2. The highest BCUT2D eigenvalue weighted by molar-refractivity contribution is 6.30. The van der Waals surface area contributed by atoms with Crippen LogP contribution in [-0.4, -0.2) is 30.1 Å². The average Bonchev–Trinajstić information content (AvgIpc) is 2.42. The number of benzene rings is 1. The van der Waals surface area contributed by atoms with Gasteiger partial charge >= 0.3 is 0 Å². The van der Waals surface area contributed by atoms with Crippen molar-refractivity contribution in [3.63, 3.8) is 0 Å². The standard InChI is InChI=1S/C16H23ClN2/c17-14-3-1-12(2-4-14)11-13-7-9-19(10-8-13)16-6-5-15(16)18/h1-4,13,15-16H,5-11,18H2/t15-,16+/m1/s1. The number of nitrogens with zero attached hydrogens (tertiary/aromatic N) is 1. The summed E-state index contributed by atoms with van der Waals surface area (Å²) in [6.07, 6.45) is 6.35. The third kappa shape index (κ3) is 3.13. The maximum Gasteiger partial charge on any atom is 0.0406 e. The molecule has 0 amide bonds. The van der Waals surface area contributed by atoms with E-state index in [0.717, 1.165) is 10.9 Å². The molecule has 2 fully saturated rings. The Morgan fingerprint density at radius 1 is 1.05 bits per heavy atom. The Bertz CT molecular complexity index is 409. The van der Waals surface area contributed by atoms with E-state index < -0.39 is 0 Å². The number of piperidine rings is 1. The fourth-order valence-corrected chi connectivity index (χ4v) is 3.53. The molecule has 1 aliphatic heterocycles. The van der Waals surface area contributed by atoms with Gasteiger partial charge in [0.25, 0.3) is 0 Å². The normalized spacial score (nSPS) is 29.2. The Balaban J connectivity index is 1.48. The van der Waals surface area contributed by atoms with Gasteiger partial charge in [0.2, 0.25) is 0 Å². The first-order chi connectivity index (χ1) is 9.22. The molecule has 0 radical (unpaired) electrons. The number of likely N-dealkylation sites (tertiary alicyclic amines) is 1. The van der Waals surface area contributed by atoms with Crippen LogP contribution in [0, 0.1) is 5.92 Å². The van der Waals surface area contributed by atoms with Crippen LogP contribution < -0.4 is 5.73 Å². The van der Waals surface area contributed by atoms with Crippen LogP contribution in [0.15, 0.2) is 24.3 Å². The van der Waals surface area contributed by atoms with E-state index >= 15 is 0 Å². The summed E-state index contributed by atoms with van der Waals surface area (Å²) in [6, 6.07) is 9.44. The molecule has 1 aromatic rings. The quantitative estimate of drug-likeness (QED) is 0.921. The molecule has 2 atom stereocenters. The third-order valence-corrected chi connectivity index (χ3v) is 5.10. The fourth-order valence-electron chi connectivity index (χ4n) is 3.40. The number of hydrogen-bond donors (Lipinski definition) is 1. The predicted octanol–water partition coefficient (Wildman–Crippen LogP) is 3.08. The van der Waals surface area contributed by atoms with Crippen LogP contribution in [0.25, 0.3) is 0 Å². The van der Waals surface area contributed by atoms with E-state index in [1.54, 1.807) is 0 Å². The van der Waals surface area contributed by atoms with E-state index in [1.807, 2.05) is 12.1 Å². The molecular formula is C16H23ClN2. The second kappa shape index (κ2) is 5.82. The van der Waals surface area contributed by atoms with Crippen molar-refractivity contribution in [1.82, 2.24) is 4.90 Å². The maximum atomic E-state index is 6.07. The number of halogens is 1. The van der Waals surface area contributed by atoms with Gasteiger partial charge < -0.3 is 5.73 Å². The zero-order valence-corrected chi connectivity index (χ0v) is 12.1. The summed E-state index contributed by atoms with van der Waals surface area (Å²) in [4.78, 5) is 2.62. The van der Waals surface area contributed by atoms with Crippen molar-refractivity contribution in [3.05, 3.63) is 34.9 Å². The molecule has 3 rings (SSSR count). The molecule has 1 aliphatic carbocycles. The van der Waals surface area contributed by atoms with E-state index in [-0.39, 0.29) is 0 Å². The summed E-state index contributed by atoms with van der Waals surface area (Å²) in [5, 5.41) is 0.831. The van der Waals surface area contributed by atoms with Crippen molar-refractivity contribution in [3.8, 4) is 0 Å². The van der Waals surface area contributed by atoms with Crippen LogP contribution in [0.5, 0.6) is 0 Å². The van der Waals surface area contributed by atoms with Gasteiger partial charge in [0.15, 0.2) is 0 Å². The zero-order chi connectivity index (χ0) is 13.2. The average molecular weight is 279 g/mol. The SMILES string of the molecule is N[C@@H]1CC[C@@H]1N1CCC(Cc2ccc(Cl)cc2)CC1. The molecule has 19 heavy (non-hydrogen) atoms. The molecule has 3 heteroatoms.